The minimum Gasteiger partial charge on any atom is -0.493 e. The highest BCUT2D eigenvalue weighted by molar-refractivity contribution is 6.01. The van der Waals surface area contributed by atoms with E-state index in [1.165, 1.54) is 12.8 Å². The van der Waals surface area contributed by atoms with Crippen LogP contribution in [0.25, 0.3) is 0 Å². The van der Waals surface area contributed by atoms with Crippen molar-refractivity contribution in [3.63, 3.8) is 0 Å². The fourth-order valence-electron chi connectivity index (χ4n) is 5.89. The largest absolute Gasteiger partial charge is 0.493 e. The number of unbranched alkanes of at least 4 members (excludes halogenated alkanes) is 1. The van der Waals surface area contributed by atoms with Gasteiger partial charge in [-0.25, -0.2) is 0 Å². The molecule has 3 atom stereocenters. The van der Waals surface area contributed by atoms with Gasteiger partial charge in [0.15, 0.2) is 0 Å². The van der Waals surface area contributed by atoms with Crippen molar-refractivity contribution in [1.82, 2.24) is 31.5 Å². The molecule has 0 aromatic heterocycles. The van der Waals surface area contributed by atoms with Crippen LogP contribution in [0.5, 0.6) is 5.75 Å². The zero-order chi connectivity index (χ0) is 34.3. The van der Waals surface area contributed by atoms with Gasteiger partial charge in [0.25, 0.3) is 5.91 Å². The standard InChI is InChI=1S/C36H50N6O6/c1-25(2)32-36(47)40-28(23-26-13-4-3-5-14-26)34(45)38-18-12-22-48-30-16-7-6-15-27(30)33(44)39-29(24-31(43)41-32)35(46)37-17-8-9-19-42-20-10-11-21-42/h3-7,13-16,25,28-29,32H,8-12,17-24H2,1-2H3,(H,37,46)(H,38,45)(H,39,44)(H,40,47)(H,41,43)/t28-,29-,32+/m0/s1. The first-order valence-corrected chi connectivity index (χ1v) is 17.2. The Kier molecular flexibility index (Phi) is 14.2. The number of benzene rings is 2. The molecule has 12 heteroatoms. The first kappa shape index (κ1) is 36.4. The molecule has 0 saturated carbocycles. The Labute approximate surface area is 283 Å². The van der Waals surface area contributed by atoms with E-state index in [4.69, 9.17) is 4.74 Å². The van der Waals surface area contributed by atoms with Crippen molar-refractivity contribution in [2.75, 3.05) is 39.3 Å². The van der Waals surface area contributed by atoms with Crippen LogP contribution in [0.15, 0.2) is 54.6 Å². The number of likely N-dealkylation sites (tertiary alicyclic amines) is 1. The van der Waals surface area contributed by atoms with Gasteiger partial charge in [-0.05, 0) is 75.4 Å². The zero-order valence-electron chi connectivity index (χ0n) is 28.1. The van der Waals surface area contributed by atoms with Crippen LogP contribution in [0, 0.1) is 5.92 Å². The van der Waals surface area contributed by atoms with Gasteiger partial charge in [0.1, 0.15) is 23.9 Å². The first-order chi connectivity index (χ1) is 23.2. The van der Waals surface area contributed by atoms with E-state index < -0.39 is 48.2 Å². The lowest BCUT2D eigenvalue weighted by molar-refractivity contribution is -0.133. The van der Waals surface area contributed by atoms with Crippen LogP contribution in [0.2, 0.25) is 0 Å². The van der Waals surface area contributed by atoms with Crippen LogP contribution in [0.3, 0.4) is 0 Å². The number of hydrogen-bond acceptors (Lipinski definition) is 7. The van der Waals surface area contributed by atoms with Gasteiger partial charge in [0, 0.05) is 19.5 Å². The molecule has 1 fully saturated rings. The predicted molar refractivity (Wildman–Crippen MR) is 182 cm³/mol. The van der Waals surface area contributed by atoms with Crippen molar-refractivity contribution in [2.24, 2.45) is 5.92 Å². The fourth-order valence-corrected chi connectivity index (χ4v) is 5.89. The van der Waals surface area contributed by atoms with E-state index >= 15 is 0 Å². The third-order valence-corrected chi connectivity index (χ3v) is 8.60. The number of hydrogen-bond donors (Lipinski definition) is 5. The smallest absolute Gasteiger partial charge is 0.255 e. The van der Waals surface area contributed by atoms with Gasteiger partial charge in [-0.1, -0.05) is 56.3 Å². The molecule has 0 unspecified atom stereocenters. The van der Waals surface area contributed by atoms with E-state index in [1.54, 1.807) is 38.1 Å². The number of fused-ring (bicyclic) bond motifs is 1. The van der Waals surface area contributed by atoms with Gasteiger partial charge in [0.2, 0.25) is 23.6 Å². The molecule has 0 radical (unpaired) electrons. The van der Waals surface area contributed by atoms with Gasteiger partial charge < -0.3 is 36.2 Å². The number of carbonyl (C=O) groups excluding carboxylic acids is 5. The lowest BCUT2D eigenvalue weighted by Crippen LogP contribution is -2.57. The van der Waals surface area contributed by atoms with Crippen molar-refractivity contribution >= 4 is 29.5 Å². The summed E-state index contributed by atoms with van der Waals surface area (Å²) in [4.78, 5) is 69.6. The second-order valence-corrected chi connectivity index (χ2v) is 12.8. The normalized spacial score (nSPS) is 21.9. The van der Waals surface area contributed by atoms with E-state index in [0.29, 0.717) is 18.7 Å². The maximum absolute atomic E-state index is 13.6. The summed E-state index contributed by atoms with van der Waals surface area (Å²) in [6, 6.07) is 13.0. The van der Waals surface area contributed by atoms with E-state index in [0.717, 1.165) is 38.0 Å². The Morgan fingerprint density at radius 3 is 2.38 bits per heavy atom. The maximum Gasteiger partial charge on any atom is 0.255 e. The molecule has 1 saturated heterocycles. The maximum atomic E-state index is 13.6. The molecule has 260 valence electrons. The number of amides is 5. The summed E-state index contributed by atoms with van der Waals surface area (Å²) >= 11 is 0. The summed E-state index contributed by atoms with van der Waals surface area (Å²) in [6.45, 7) is 7.65. The molecule has 2 aliphatic heterocycles. The minimum absolute atomic E-state index is 0.208. The fraction of sp³-hybridized carbons (Fsp3) is 0.528. The second kappa shape index (κ2) is 18.8. The SMILES string of the molecule is CC(C)[C@H]1NC(=O)C[C@@H](C(=O)NCCCCN2CCCC2)NC(=O)c2ccccc2OCCCNC(=O)[C@H](Cc2ccccc2)NC1=O. The van der Waals surface area contributed by atoms with Gasteiger partial charge in [-0.15, -0.1) is 0 Å². The van der Waals surface area contributed by atoms with Crippen LogP contribution in [0.1, 0.15) is 68.3 Å². The molecule has 48 heavy (non-hydrogen) atoms. The molecular weight excluding hydrogens is 612 g/mol. The molecular formula is C36H50N6O6. The predicted octanol–water partition coefficient (Wildman–Crippen LogP) is 1.93. The third kappa shape index (κ3) is 11.4. The van der Waals surface area contributed by atoms with Gasteiger partial charge in [0.05, 0.1) is 18.6 Å². The van der Waals surface area contributed by atoms with Crippen molar-refractivity contribution < 1.29 is 28.7 Å². The lowest BCUT2D eigenvalue weighted by Gasteiger charge is -2.26. The van der Waals surface area contributed by atoms with Crippen molar-refractivity contribution in [3.8, 4) is 5.75 Å². The topological polar surface area (TPSA) is 158 Å². The highest BCUT2D eigenvalue weighted by Crippen LogP contribution is 2.19. The Hall–Kier alpha value is -4.45. The van der Waals surface area contributed by atoms with Crippen LogP contribution in [-0.2, 0) is 25.6 Å². The highest BCUT2D eigenvalue weighted by Gasteiger charge is 2.31. The Morgan fingerprint density at radius 1 is 0.896 bits per heavy atom. The molecule has 0 aliphatic carbocycles. The monoisotopic (exact) mass is 662 g/mol. The summed E-state index contributed by atoms with van der Waals surface area (Å²) in [5.41, 5.74) is 1.08. The van der Waals surface area contributed by atoms with Crippen LogP contribution in [0.4, 0.5) is 0 Å². The van der Waals surface area contributed by atoms with E-state index in [2.05, 4.69) is 31.5 Å². The number of para-hydroxylation sites is 1. The quantitative estimate of drug-likeness (QED) is 0.257. The molecule has 0 spiro atoms. The molecule has 12 nitrogen and oxygen atoms in total. The van der Waals surface area contributed by atoms with Crippen molar-refractivity contribution in [2.45, 2.75) is 76.9 Å². The Bertz CT molecular complexity index is 1380. The first-order valence-electron chi connectivity index (χ1n) is 17.2. The highest BCUT2D eigenvalue weighted by atomic mass is 16.5. The minimum atomic E-state index is -1.20. The Morgan fingerprint density at radius 2 is 1.62 bits per heavy atom. The van der Waals surface area contributed by atoms with Gasteiger partial charge >= 0.3 is 0 Å². The van der Waals surface area contributed by atoms with Crippen molar-refractivity contribution in [1.29, 1.82) is 0 Å². The molecule has 0 bridgehead atoms. The zero-order valence-corrected chi connectivity index (χ0v) is 28.1. The molecule has 2 aliphatic rings. The number of carbonyl (C=O) groups is 5. The average molecular weight is 663 g/mol. The number of ether oxygens (including phenoxy) is 1. The van der Waals surface area contributed by atoms with E-state index in [-0.39, 0.29) is 37.0 Å². The summed E-state index contributed by atoms with van der Waals surface area (Å²) in [7, 11) is 0. The van der Waals surface area contributed by atoms with Crippen LogP contribution >= 0.6 is 0 Å². The molecule has 4 rings (SSSR count). The molecule has 2 heterocycles. The van der Waals surface area contributed by atoms with Gasteiger partial charge in [-0.3, -0.25) is 24.0 Å². The van der Waals surface area contributed by atoms with Gasteiger partial charge in [-0.2, -0.15) is 0 Å². The molecule has 5 amide bonds. The number of rotatable bonds is 9. The van der Waals surface area contributed by atoms with E-state index in [9.17, 15) is 24.0 Å². The summed E-state index contributed by atoms with van der Waals surface area (Å²) in [5.74, 6) is -2.53. The van der Waals surface area contributed by atoms with Crippen molar-refractivity contribution in [3.05, 3.63) is 65.7 Å². The van der Waals surface area contributed by atoms with Crippen LogP contribution in [-0.4, -0.2) is 91.9 Å². The average Bonchev–Trinajstić information content (AvgIpc) is 3.60. The molecule has 5 N–H and O–H groups in total. The Balaban J connectivity index is 1.51. The van der Waals surface area contributed by atoms with Crippen LogP contribution < -0.4 is 31.3 Å². The lowest BCUT2D eigenvalue weighted by atomic mass is 10.0. The third-order valence-electron chi connectivity index (χ3n) is 8.60. The summed E-state index contributed by atoms with van der Waals surface area (Å²) < 4.78 is 5.90. The number of nitrogens with zero attached hydrogens (tertiary/aromatic N) is 1. The summed E-state index contributed by atoms with van der Waals surface area (Å²) in [5, 5.41) is 14.1. The summed E-state index contributed by atoms with van der Waals surface area (Å²) in [6.07, 6.45) is 4.44. The van der Waals surface area contributed by atoms with E-state index in [1.807, 2.05) is 30.3 Å². The molecule has 2 aromatic carbocycles. The number of nitrogens with one attached hydrogen (secondary N) is 5. The second-order valence-electron chi connectivity index (χ2n) is 12.8. The molecule has 2 aromatic rings.